The molecule has 1 aromatic rings. The predicted molar refractivity (Wildman–Crippen MR) is 61.8 cm³/mol. The molecule has 0 saturated heterocycles. The molecule has 2 unspecified atom stereocenters. The fourth-order valence-corrected chi connectivity index (χ4v) is 1.31. The molecule has 0 amide bonds. The smallest absolute Gasteiger partial charge is 0.307 e. The monoisotopic (exact) mass is 241 g/mol. The van der Waals surface area contributed by atoms with Crippen LogP contribution in [-0.2, 0) is 11.2 Å². The number of likely N-dealkylation sites (N-methyl/N-ethyl adjacent to an activating group) is 1. The quantitative estimate of drug-likeness (QED) is 0.800. The summed E-state index contributed by atoms with van der Waals surface area (Å²) in [5.41, 5.74) is 0. The molecule has 96 valence electrons. The summed E-state index contributed by atoms with van der Waals surface area (Å²) in [6.45, 7) is 4.25. The van der Waals surface area contributed by atoms with Gasteiger partial charge in [0.15, 0.2) is 5.82 Å². The lowest BCUT2D eigenvalue weighted by molar-refractivity contribution is -0.141. The lowest BCUT2D eigenvalue weighted by Crippen LogP contribution is -2.17. The van der Waals surface area contributed by atoms with E-state index in [0.29, 0.717) is 18.1 Å². The Balaban J connectivity index is 2.64. The molecule has 6 heteroatoms. The molecule has 0 aromatic carbocycles. The lowest BCUT2D eigenvalue weighted by Gasteiger charge is -2.10. The summed E-state index contributed by atoms with van der Waals surface area (Å²) >= 11 is 0. The van der Waals surface area contributed by atoms with Crippen LogP contribution in [0, 0.1) is 5.92 Å². The lowest BCUT2D eigenvalue weighted by atomic mass is 9.96. The summed E-state index contributed by atoms with van der Waals surface area (Å²) in [5.74, 6) is -0.636. The molecule has 1 heterocycles. The van der Waals surface area contributed by atoms with Crippen molar-refractivity contribution in [3.05, 3.63) is 11.7 Å². The first kappa shape index (κ1) is 13.6. The van der Waals surface area contributed by atoms with Crippen LogP contribution in [0.5, 0.6) is 0 Å². The molecule has 0 aliphatic carbocycles. The molecule has 17 heavy (non-hydrogen) atoms. The van der Waals surface area contributed by atoms with Gasteiger partial charge >= 0.3 is 5.97 Å². The average molecular weight is 241 g/mol. The third-order valence-corrected chi connectivity index (χ3v) is 2.80. The van der Waals surface area contributed by atoms with Gasteiger partial charge < -0.3 is 14.5 Å². The largest absolute Gasteiger partial charge is 0.481 e. The number of carboxylic acid groups (broad SMARTS) is 1. The van der Waals surface area contributed by atoms with E-state index < -0.39 is 11.9 Å². The van der Waals surface area contributed by atoms with Gasteiger partial charge in [0, 0.05) is 18.9 Å². The molecular weight excluding hydrogens is 222 g/mol. The van der Waals surface area contributed by atoms with Crippen LogP contribution in [0.4, 0.5) is 0 Å². The van der Waals surface area contributed by atoms with Crippen LogP contribution in [0.1, 0.15) is 31.5 Å². The fraction of sp³-hybridized carbons (Fsp3) is 0.727. The van der Waals surface area contributed by atoms with E-state index >= 15 is 0 Å². The third-order valence-electron chi connectivity index (χ3n) is 2.80. The van der Waals surface area contributed by atoms with Crippen LogP contribution in [0.15, 0.2) is 4.52 Å². The topological polar surface area (TPSA) is 79.5 Å². The number of aliphatic carboxylic acids is 1. The molecule has 0 spiro atoms. The Morgan fingerprint density at radius 3 is 2.65 bits per heavy atom. The van der Waals surface area contributed by atoms with Crippen LogP contribution in [0.2, 0.25) is 0 Å². The summed E-state index contributed by atoms with van der Waals surface area (Å²) in [7, 11) is 3.94. The maximum atomic E-state index is 10.8. The van der Waals surface area contributed by atoms with Crippen molar-refractivity contribution in [2.24, 2.45) is 5.92 Å². The second kappa shape index (κ2) is 5.77. The van der Waals surface area contributed by atoms with Crippen molar-refractivity contribution in [2.45, 2.75) is 26.2 Å². The molecule has 0 saturated carbocycles. The molecule has 1 aromatic heterocycles. The Morgan fingerprint density at radius 2 is 2.12 bits per heavy atom. The molecule has 1 N–H and O–H groups in total. The van der Waals surface area contributed by atoms with Crippen molar-refractivity contribution in [1.82, 2.24) is 15.0 Å². The van der Waals surface area contributed by atoms with Crippen molar-refractivity contribution in [3.8, 4) is 0 Å². The Morgan fingerprint density at radius 1 is 1.47 bits per heavy atom. The van der Waals surface area contributed by atoms with E-state index in [9.17, 15) is 4.79 Å². The van der Waals surface area contributed by atoms with Crippen molar-refractivity contribution < 1.29 is 14.4 Å². The van der Waals surface area contributed by atoms with Gasteiger partial charge in [0.1, 0.15) is 0 Å². The molecule has 0 radical (unpaired) electrons. The van der Waals surface area contributed by atoms with E-state index in [0.717, 1.165) is 6.54 Å². The highest BCUT2D eigenvalue weighted by Gasteiger charge is 2.25. The molecule has 0 fully saturated rings. The molecule has 0 aliphatic rings. The molecule has 0 bridgehead atoms. The van der Waals surface area contributed by atoms with Gasteiger partial charge in [-0.15, -0.1) is 0 Å². The fourth-order valence-electron chi connectivity index (χ4n) is 1.31. The summed E-state index contributed by atoms with van der Waals surface area (Å²) in [6.07, 6.45) is 0.699. The van der Waals surface area contributed by atoms with E-state index in [-0.39, 0.29) is 5.92 Å². The molecule has 1 rings (SSSR count). The van der Waals surface area contributed by atoms with Gasteiger partial charge in [-0.2, -0.15) is 4.98 Å². The number of carbonyl (C=O) groups is 1. The van der Waals surface area contributed by atoms with Crippen molar-refractivity contribution >= 4 is 5.97 Å². The summed E-state index contributed by atoms with van der Waals surface area (Å²) in [6, 6.07) is 0. The zero-order valence-corrected chi connectivity index (χ0v) is 10.7. The Hall–Kier alpha value is -1.43. The van der Waals surface area contributed by atoms with Crippen LogP contribution in [-0.4, -0.2) is 46.8 Å². The minimum absolute atomic E-state index is 0.270. The van der Waals surface area contributed by atoms with Gasteiger partial charge in [-0.25, -0.2) is 0 Å². The summed E-state index contributed by atoms with van der Waals surface area (Å²) in [5, 5.41) is 12.7. The van der Waals surface area contributed by atoms with Crippen molar-refractivity contribution in [2.75, 3.05) is 20.6 Å². The first-order valence-corrected chi connectivity index (χ1v) is 5.61. The number of hydrogen-bond donors (Lipinski definition) is 1. The first-order valence-electron chi connectivity index (χ1n) is 5.61. The van der Waals surface area contributed by atoms with E-state index in [1.807, 2.05) is 19.0 Å². The van der Waals surface area contributed by atoms with Crippen LogP contribution < -0.4 is 0 Å². The van der Waals surface area contributed by atoms with Crippen LogP contribution in [0.25, 0.3) is 0 Å². The number of aromatic nitrogens is 2. The zero-order chi connectivity index (χ0) is 13.0. The van der Waals surface area contributed by atoms with E-state index in [1.54, 1.807) is 13.8 Å². The number of rotatable bonds is 6. The highest BCUT2D eigenvalue weighted by atomic mass is 16.5. The minimum atomic E-state index is -0.856. The second-order valence-corrected chi connectivity index (χ2v) is 4.52. The molecule has 0 aliphatic heterocycles. The van der Waals surface area contributed by atoms with Gasteiger partial charge in [0.2, 0.25) is 5.89 Å². The zero-order valence-electron chi connectivity index (χ0n) is 10.7. The van der Waals surface area contributed by atoms with Crippen LogP contribution in [0.3, 0.4) is 0 Å². The number of carboxylic acids is 1. The van der Waals surface area contributed by atoms with Gasteiger partial charge in [0.05, 0.1) is 5.92 Å². The standard InChI is InChI=1S/C11H19N3O3/c1-7(8(2)11(15)16)10-12-9(13-17-10)5-6-14(3)4/h7-8H,5-6H2,1-4H3,(H,15,16). The SMILES string of the molecule is CC(C(=O)O)C(C)c1nc(CCN(C)C)no1. The van der Waals surface area contributed by atoms with Crippen molar-refractivity contribution in [3.63, 3.8) is 0 Å². The van der Waals surface area contributed by atoms with E-state index in [1.165, 1.54) is 0 Å². The average Bonchev–Trinajstić information content (AvgIpc) is 2.72. The van der Waals surface area contributed by atoms with Gasteiger partial charge in [-0.3, -0.25) is 4.79 Å². The predicted octanol–water partition coefficient (Wildman–Crippen LogP) is 0.998. The Labute approximate surface area is 101 Å². The Kier molecular flexibility index (Phi) is 4.62. The number of hydrogen-bond acceptors (Lipinski definition) is 5. The third kappa shape index (κ3) is 3.81. The normalized spacial score (nSPS) is 14.9. The van der Waals surface area contributed by atoms with E-state index in [4.69, 9.17) is 9.63 Å². The first-order chi connectivity index (χ1) is 7.91. The highest BCUT2D eigenvalue weighted by molar-refractivity contribution is 5.70. The highest BCUT2D eigenvalue weighted by Crippen LogP contribution is 2.22. The molecule has 2 atom stereocenters. The number of nitrogens with zero attached hydrogens (tertiary/aromatic N) is 3. The van der Waals surface area contributed by atoms with Gasteiger partial charge in [-0.1, -0.05) is 19.0 Å². The summed E-state index contributed by atoms with van der Waals surface area (Å²) < 4.78 is 5.09. The molecule has 6 nitrogen and oxygen atoms in total. The maximum Gasteiger partial charge on any atom is 0.307 e. The Bertz CT molecular complexity index is 376. The maximum absolute atomic E-state index is 10.8. The van der Waals surface area contributed by atoms with Gasteiger partial charge in [0.25, 0.3) is 0 Å². The summed E-state index contributed by atoms with van der Waals surface area (Å²) in [4.78, 5) is 17.1. The van der Waals surface area contributed by atoms with Crippen LogP contribution >= 0.6 is 0 Å². The second-order valence-electron chi connectivity index (χ2n) is 4.52. The minimum Gasteiger partial charge on any atom is -0.481 e. The van der Waals surface area contributed by atoms with E-state index in [2.05, 4.69) is 10.1 Å². The molecular formula is C11H19N3O3. The van der Waals surface area contributed by atoms with Gasteiger partial charge in [-0.05, 0) is 14.1 Å². The van der Waals surface area contributed by atoms with Crippen molar-refractivity contribution in [1.29, 1.82) is 0 Å².